The topological polar surface area (TPSA) is 95.2 Å². The van der Waals surface area contributed by atoms with Crippen molar-refractivity contribution in [3.8, 4) is 17.2 Å². The first-order valence-electron chi connectivity index (χ1n) is 7.27. The molecule has 8 heteroatoms. The third-order valence-corrected chi connectivity index (χ3v) is 3.28. The van der Waals surface area contributed by atoms with Crippen LogP contribution in [0.4, 0.5) is 11.4 Å². The molecular weight excluding hydrogens is 314 g/mol. The molecule has 0 aromatic heterocycles. The van der Waals surface area contributed by atoms with E-state index in [4.69, 9.17) is 14.2 Å². The van der Waals surface area contributed by atoms with Crippen LogP contribution in [0.2, 0.25) is 0 Å². The van der Waals surface area contributed by atoms with Gasteiger partial charge in [-0.15, -0.1) is 0 Å². The highest BCUT2D eigenvalue weighted by Gasteiger charge is 2.17. The van der Waals surface area contributed by atoms with Gasteiger partial charge in [0.25, 0.3) is 5.69 Å². The molecule has 0 saturated heterocycles. The average molecular weight is 329 g/mol. The summed E-state index contributed by atoms with van der Waals surface area (Å²) in [6.07, 6.45) is 1.59. The zero-order chi connectivity index (χ0) is 16.9. The number of non-ortho nitro benzene ring substituents is 1. The number of anilines is 1. The summed E-state index contributed by atoms with van der Waals surface area (Å²) in [7, 11) is 0. The van der Waals surface area contributed by atoms with E-state index >= 15 is 0 Å². The minimum atomic E-state index is -0.450. The third-order valence-electron chi connectivity index (χ3n) is 3.28. The molecule has 0 atom stereocenters. The van der Waals surface area contributed by atoms with Crippen LogP contribution in [0.1, 0.15) is 12.5 Å². The number of benzene rings is 2. The van der Waals surface area contributed by atoms with Gasteiger partial charge in [0.15, 0.2) is 11.5 Å². The van der Waals surface area contributed by atoms with E-state index in [1.165, 1.54) is 12.1 Å². The predicted octanol–water partition coefficient (Wildman–Crippen LogP) is 3.17. The van der Waals surface area contributed by atoms with Crippen LogP contribution in [0, 0.1) is 10.1 Å². The van der Waals surface area contributed by atoms with E-state index in [1.807, 2.05) is 6.92 Å². The van der Waals surface area contributed by atoms with Gasteiger partial charge in [-0.3, -0.25) is 15.5 Å². The molecule has 0 amide bonds. The van der Waals surface area contributed by atoms with Crippen LogP contribution in [-0.4, -0.2) is 24.5 Å². The van der Waals surface area contributed by atoms with Gasteiger partial charge in [-0.1, -0.05) is 0 Å². The van der Waals surface area contributed by atoms with Crippen molar-refractivity contribution in [3.05, 3.63) is 52.1 Å². The molecule has 1 N–H and O–H groups in total. The maximum atomic E-state index is 10.6. The van der Waals surface area contributed by atoms with Gasteiger partial charge in [0, 0.05) is 23.8 Å². The highest BCUT2D eigenvalue weighted by atomic mass is 16.7. The molecule has 0 spiro atoms. The smallest absolute Gasteiger partial charge is 0.269 e. The molecule has 1 aliphatic rings. The maximum absolute atomic E-state index is 10.6. The highest BCUT2D eigenvalue weighted by molar-refractivity contribution is 5.85. The van der Waals surface area contributed by atoms with Crippen molar-refractivity contribution in [2.75, 3.05) is 18.8 Å². The van der Waals surface area contributed by atoms with Gasteiger partial charge in [-0.25, -0.2) is 0 Å². The lowest BCUT2D eigenvalue weighted by molar-refractivity contribution is -0.384. The molecule has 0 aliphatic carbocycles. The van der Waals surface area contributed by atoms with Crippen molar-refractivity contribution in [1.82, 2.24) is 0 Å². The molecular formula is C16H15N3O5. The first-order valence-corrected chi connectivity index (χ1v) is 7.27. The Morgan fingerprint density at radius 1 is 1.29 bits per heavy atom. The summed E-state index contributed by atoms with van der Waals surface area (Å²) in [4.78, 5) is 10.2. The molecule has 124 valence electrons. The Hall–Kier alpha value is -3.29. The fraction of sp³-hybridized carbons (Fsp3) is 0.188. The second-order valence-electron chi connectivity index (χ2n) is 4.85. The standard InChI is InChI=1S/C16H15N3O5/c1-2-22-14-8-16-15(23-10-24-16)7-11(14)9-17-18-12-3-5-13(6-4-12)19(20)21/h3-9,18H,2,10H2,1H3/b17-9+. The molecule has 1 heterocycles. The Kier molecular flexibility index (Phi) is 4.46. The van der Waals surface area contributed by atoms with Crippen LogP contribution in [0.3, 0.4) is 0 Å². The van der Waals surface area contributed by atoms with Gasteiger partial charge in [0.2, 0.25) is 6.79 Å². The van der Waals surface area contributed by atoms with Crippen molar-refractivity contribution >= 4 is 17.6 Å². The van der Waals surface area contributed by atoms with Gasteiger partial charge in [0.1, 0.15) is 5.75 Å². The fourth-order valence-electron chi connectivity index (χ4n) is 2.15. The van der Waals surface area contributed by atoms with Crippen LogP contribution in [0.15, 0.2) is 41.5 Å². The number of fused-ring (bicyclic) bond motifs is 1. The molecule has 0 radical (unpaired) electrons. The van der Waals surface area contributed by atoms with Gasteiger partial charge in [-0.2, -0.15) is 5.10 Å². The highest BCUT2D eigenvalue weighted by Crippen LogP contribution is 2.37. The number of nitro groups is 1. The van der Waals surface area contributed by atoms with Gasteiger partial charge in [-0.05, 0) is 25.1 Å². The van der Waals surface area contributed by atoms with Gasteiger partial charge >= 0.3 is 0 Å². The Morgan fingerprint density at radius 3 is 2.67 bits per heavy atom. The largest absolute Gasteiger partial charge is 0.493 e. The second kappa shape index (κ2) is 6.86. The number of nitrogens with one attached hydrogen (secondary N) is 1. The summed E-state index contributed by atoms with van der Waals surface area (Å²) < 4.78 is 16.3. The number of hydrogen-bond acceptors (Lipinski definition) is 7. The van der Waals surface area contributed by atoms with Crippen molar-refractivity contribution < 1.29 is 19.1 Å². The lowest BCUT2D eigenvalue weighted by Crippen LogP contribution is -1.98. The van der Waals surface area contributed by atoms with Crippen LogP contribution in [0.25, 0.3) is 0 Å². The van der Waals surface area contributed by atoms with E-state index in [9.17, 15) is 10.1 Å². The summed E-state index contributed by atoms with van der Waals surface area (Å²) in [5, 5.41) is 14.8. The zero-order valence-electron chi connectivity index (χ0n) is 12.9. The Labute approximate surface area is 137 Å². The number of rotatable bonds is 6. The maximum Gasteiger partial charge on any atom is 0.269 e. The molecule has 3 rings (SSSR count). The number of hydrogen-bond donors (Lipinski definition) is 1. The molecule has 2 aromatic carbocycles. The van der Waals surface area contributed by atoms with Crippen LogP contribution in [-0.2, 0) is 0 Å². The lowest BCUT2D eigenvalue weighted by Gasteiger charge is -2.08. The lowest BCUT2D eigenvalue weighted by atomic mass is 10.2. The minimum absolute atomic E-state index is 0.0268. The van der Waals surface area contributed by atoms with E-state index in [2.05, 4.69) is 10.5 Å². The number of nitro benzene ring substituents is 1. The molecule has 1 aliphatic heterocycles. The molecule has 0 bridgehead atoms. The Balaban J connectivity index is 1.75. The summed E-state index contributed by atoms with van der Waals surface area (Å²) in [5.74, 6) is 1.91. The number of hydrazone groups is 1. The van der Waals surface area contributed by atoms with Crippen molar-refractivity contribution in [2.24, 2.45) is 5.10 Å². The summed E-state index contributed by atoms with van der Waals surface area (Å²) in [6.45, 7) is 2.58. The minimum Gasteiger partial charge on any atom is -0.493 e. The first kappa shape index (κ1) is 15.6. The zero-order valence-corrected chi connectivity index (χ0v) is 12.9. The predicted molar refractivity (Wildman–Crippen MR) is 88.0 cm³/mol. The van der Waals surface area contributed by atoms with E-state index < -0.39 is 4.92 Å². The van der Waals surface area contributed by atoms with E-state index in [0.717, 1.165) is 5.56 Å². The monoisotopic (exact) mass is 329 g/mol. The summed E-state index contributed by atoms with van der Waals surface area (Å²) in [5.41, 5.74) is 4.21. The van der Waals surface area contributed by atoms with Crippen LogP contribution >= 0.6 is 0 Å². The van der Waals surface area contributed by atoms with Crippen molar-refractivity contribution in [1.29, 1.82) is 0 Å². The Bertz CT molecular complexity index is 774. The fourth-order valence-corrected chi connectivity index (χ4v) is 2.15. The summed E-state index contributed by atoms with van der Waals surface area (Å²) >= 11 is 0. The molecule has 0 unspecified atom stereocenters. The molecule has 8 nitrogen and oxygen atoms in total. The van der Waals surface area contributed by atoms with Gasteiger partial charge in [0.05, 0.1) is 23.4 Å². The third kappa shape index (κ3) is 3.37. The Morgan fingerprint density at radius 2 is 2.00 bits per heavy atom. The van der Waals surface area contributed by atoms with Crippen LogP contribution in [0.5, 0.6) is 17.2 Å². The molecule has 0 fully saturated rings. The van der Waals surface area contributed by atoms with Crippen LogP contribution < -0.4 is 19.6 Å². The molecule has 0 saturated carbocycles. The number of ether oxygens (including phenoxy) is 3. The summed E-state index contributed by atoms with van der Waals surface area (Å²) in [6, 6.07) is 9.53. The molecule has 24 heavy (non-hydrogen) atoms. The van der Waals surface area contributed by atoms with Crippen molar-refractivity contribution in [2.45, 2.75) is 6.92 Å². The quantitative estimate of drug-likeness (QED) is 0.497. The molecule has 2 aromatic rings. The van der Waals surface area contributed by atoms with E-state index in [0.29, 0.717) is 29.5 Å². The van der Waals surface area contributed by atoms with E-state index in [1.54, 1.807) is 30.5 Å². The number of nitrogens with zero attached hydrogens (tertiary/aromatic N) is 2. The van der Waals surface area contributed by atoms with Gasteiger partial charge < -0.3 is 14.2 Å². The van der Waals surface area contributed by atoms with E-state index in [-0.39, 0.29) is 12.5 Å². The average Bonchev–Trinajstić information content (AvgIpc) is 3.03. The second-order valence-corrected chi connectivity index (χ2v) is 4.85. The SMILES string of the molecule is CCOc1cc2c(cc1/C=N/Nc1ccc([N+](=O)[O-])cc1)OCO2. The first-order chi connectivity index (χ1) is 11.7. The normalized spacial score (nSPS) is 12.4. The van der Waals surface area contributed by atoms with Crippen molar-refractivity contribution in [3.63, 3.8) is 0 Å².